The minimum absolute atomic E-state index is 0. The van der Waals surface area contributed by atoms with Gasteiger partial charge < -0.3 is 15.3 Å². The van der Waals surface area contributed by atoms with Gasteiger partial charge in [0.05, 0.1) is 5.52 Å². The minimum Gasteiger partial charge on any atom is -0.507 e. The molecule has 0 amide bonds. The number of hydrogen-bond donors (Lipinski definition) is 3. The molecule has 0 saturated heterocycles. The second kappa shape index (κ2) is 13.6. The molecule has 5 heteroatoms. The molecule has 4 nitrogen and oxygen atoms in total. The van der Waals surface area contributed by atoms with E-state index in [4.69, 9.17) is 10.2 Å². The summed E-state index contributed by atoms with van der Waals surface area (Å²) < 4.78 is 0. The second-order valence-electron chi connectivity index (χ2n) is 5.47. The van der Waals surface area contributed by atoms with E-state index < -0.39 is 0 Å². The predicted octanol–water partition coefficient (Wildman–Crippen LogP) is 4.10. The molecule has 1 heterocycles. The molecule has 26 heavy (non-hydrogen) atoms. The van der Waals surface area contributed by atoms with E-state index in [1.54, 1.807) is 0 Å². The first kappa shape index (κ1) is 26.6. The van der Waals surface area contributed by atoms with Crippen LogP contribution < -0.4 is 0 Å². The van der Waals surface area contributed by atoms with Gasteiger partial charge in [0.25, 0.3) is 0 Å². The van der Waals surface area contributed by atoms with Gasteiger partial charge >= 0.3 is 0 Å². The van der Waals surface area contributed by atoms with E-state index in [0.717, 1.165) is 41.9 Å². The third-order valence-electron chi connectivity index (χ3n) is 4.12. The Labute approximate surface area is 171 Å². The van der Waals surface area contributed by atoms with Crippen LogP contribution in [0.1, 0.15) is 27.9 Å². The van der Waals surface area contributed by atoms with Gasteiger partial charge in [-0.3, -0.25) is 4.98 Å². The summed E-state index contributed by atoms with van der Waals surface area (Å²) in [5, 5.41) is 25.1. The Morgan fingerprint density at radius 3 is 1.73 bits per heavy atom. The first-order valence-electron chi connectivity index (χ1n) is 8.06. The average Bonchev–Trinajstić information content (AvgIpc) is 3.21. The molecule has 2 aromatic carbocycles. The van der Waals surface area contributed by atoms with Crippen molar-refractivity contribution in [1.82, 2.24) is 4.98 Å². The number of aromatic nitrogens is 1. The number of benzene rings is 1. The van der Waals surface area contributed by atoms with Crippen LogP contribution in [0.5, 0.6) is 5.75 Å². The van der Waals surface area contributed by atoms with Crippen molar-refractivity contribution >= 4 is 10.9 Å². The molecular weight excluding hydrogens is 362 g/mol. The first-order valence-corrected chi connectivity index (χ1v) is 8.06. The normalized spacial score (nSPS) is 8.81. The standard InChI is InChI=1S/C14H17NO.C5H5.2CH4O.Ti/c1-7-6-12-13(9(3)8(7)2)14(16)10(4)11(5)15-12;1-2-4-5-3-1;2*1-2;/h6H,1-5H3,(H,15,16);1-5H;2*2H,1H3;/q;-1;;;. The molecular formula is C21H30NO3Ti-. The number of rotatable bonds is 0. The SMILES string of the molecule is CO.CO.Cc1cc2nc(C)c(C)c(O)c2c(C)c1C.[Ti].c1cc[cH-]c1. The first-order chi connectivity index (χ1) is 11.9. The van der Waals surface area contributed by atoms with Crippen LogP contribution in [-0.2, 0) is 21.7 Å². The van der Waals surface area contributed by atoms with E-state index in [2.05, 4.69) is 18.8 Å². The maximum absolute atomic E-state index is 10.2. The fraction of sp³-hybridized carbons (Fsp3) is 0.333. The second-order valence-corrected chi connectivity index (χ2v) is 5.47. The number of aryl methyl sites for hydroxylation is 3. The molecule has 0 aliphatic rings. The van der Waals surface area contributed by atoms with Crippen molar-refractivity contribution < 1.29 is 37.0 Å². The van der Waals surface area contributed by atoms with Gasteiger partial charge in [-0.05, 0) is 57.4 Å². The summed E-state index contributed by atoms with van der Waals surface area (Å²) in [6.45, 7) is 10.0. The van der Waals surface area contributed by atoms with E-state index in [1.807, 2.05) is 57.2 Å². The monoisotopic (exact) mass is 392 g/mol. The molecule has 0 atom stereocenters. The molecule has 3 rings (SSSR count). The molecule has 0 spiro atoms. The Morgan fingerprint density at radius 2 is 1.31 bits per heavy atom. The van der Waals surface area contributed by atoms with Crippen molar-refractivity contribution in [1.29, 1.82) is 0 Å². The van der Waals surface area contributed by atoms with Crippen LogP contribution in [0.4, 0.5) is 0 Å². The summed E-state index contributed by atoms with van der Waals surface area (Å²) >= 11 is 0. The largest absolute Gasteiger partial charge is 0.507 e. The molecule has 142 valence electrons. The van der Waals surface area contributed by atoms with Gasteiger partial charge in [0.2, 0.25) is 0 Å². The Bertz CT molecular complexity index is 703. The fourth-order valence-corrected chi connectivity index (χ4v) is 2.39. The van der Waals surface area contributed by atoms with Crippen molar-refractivity contribution in [2.75, 3.05) is 14.2 Å². The number of pyridine rings is 1. The van der Waals surface area contributed by atoms with E-state index >= 15 is 0 Å². The number of aliphatic hydroxyl groups is 2. The summed E-state index contributed by atoms with van der Waals surface area (Å²) in [7, 11) is 2.00. The molecule has 3 N–H and O–H groups in total. The average molecular weight is 392 g/mol. The maximum Gasteiger partial charge on any atom is 0.129 e. The predicted molar refractivity (Wildman–Crippen MR) is 105 cm³/mol. The van der Waals surface area contributed by atoms with Crippen LogP contribution in [0.3, 0.4) is 0 Å². The van der Waals surface area contributed by atoms with E-state index in [1.165, 1.54) is 11.1 Å². The van der Waals surface area contributed by atoms with Crippen molar-refractivity contribution in [3.05, 3.63) is 64.3 Å². The third kappa shape index (κ3) is 6.62. The van der Waals surface area contributed by atoms with Crippen molar-refractivity contribution in [3.63, 3.8) is 0 Å². The third-order valence-corrected chi connectivity index (χ3v) is 4.12. The molecule has 0 fully saturated rings. The summed E-state index contributed by atoms with van der Waals surface area (Å²) in [4.78, 5) is 4.54. The number of nitrogens with zero attached hydrogens (tertiary/aromatic N) is 1. The Kier molecular flexibility index (Phi) is 13.9. The molecule has 3 aromatic rings. The number of fused-ring (bicyclic) bond motifs is 1. The van der Waals surface area contributed by atoms with E-state index in [-0.39, 0.29) is 21.7 Å². The van der Waals surface area contributed by atoms with Gasteiger partial charge in [0.1, 0.15) is 5.75 Å². The smallest absolute Gasteiger partial charge is 0.129 e. The fourth-order valence-electron chi connectivity index (χ4n) is 2.39. The van der Waals surface area contributed by atoms with Crippen LogP contribution in [-0.4, -0.2) is 34.5 Å². The van der Waals surface area contributed by atoms with Gasteiger partial charge in [-0.25, -0.2) is 12.1 Å². The summed E-state index contributed by atoms with van der Waals surface area (Å²) in [6.07, 6.45) is 0. The Balaban J connectivity index is 0. The summed E-state index contributed by atoms with van der Waals surface area (Å²) in [5.41, 5.74) is 6.24. The molecule has 0 aliphatic heterocycles. The Hall–Kier alpha value is -1.59. The van der Waals surface area contributed by atoms with Gasteiger partial charge in [-0.15, -0.1) is 0 Å². The molecule has 0 unspecified atom stereocenters. The van der Waals surface area contributed by atoms with E-state index in [0.29, 0.717) is 5.75 Å². The maximum atomic E-state index is 10.2. The van der Waals surface area contributed by atoms with E-state index in [9.17, 15) is 5.11 Å². The Morgan fingerprint density at radius 1 is 0.808 bits per heavy atom. The molecule has 0 bridgehead atoms. The van der Waals surface area contributed by atoms with Crippen LogP contribution in [0, 0.1) is 34.6 Å². The number of aliphatic hydroxyl groups excluding tert-OH is 2. The molecule has 0 saturated carbocycles. The topological polar surface area (TPSA) is 73.6 Å². The zero-order valence-corrected chi connectivity index (χ0v) is 18.3. The van der Waals surface area contributed by atoms with Gasteiger partial charge in [-0.1, -0.05) is 0 Å². The summed E-state index contributed by atoms with van der Waals surface area (Å²) in [6, 6.07) is 12.0. The van der Waals surface area contributed by atoms with Crippen LogP contribution in [0.15, 0.2) is 36.4 Å². The molecule has 1 aromatic heterocycles. The quantitative estimate of drug-likeness (QED) is 0.398. The number of hydrogen-bond acceptors (Lipinski definition) is 4. The molecule has 0 aliphatic carbocycles. The van der Waals surface area contributed by atoms with Crippen LogP contribution >= 0.6 is 0 Å². The van der Waals surface area contributed by atoms with Gasteiger partial charge in [0.15, 0.2) is 0 Å². The minimum atomic E-state index is 0. The van der Waals surface area contributed by atoms with Crippen molar-refractivity contribution in [3.8, 4) is 5.75 Å². The van der Waals surface area contributed by atoms with Gasteiger partial charge in [-0.2, -0.15) is 18.2 Å². The summed E-state index contributed by atoms with van der Waals surface area (Å²) in [5.74, 6) is 0.378. The van der Waals surface area contributed by atoms with Crippen molar-refractivity contribution in [2.45, 2.75) is 34.6 Å². The zero-order chi connectivity index (χ0) is 19.6. The molecule has 0 radical (unpaired) electrons. The van der Waals surface area contributed by atoms with Crippen LogP contribution in [0.25, 0.3) is 10.9 Å². The van der Waals surface area contributed by atoms with Gasteiger partial charge in [0, 0.05) is 52.6 Å². The van der Waals surface area contributed by atoms with Crippen molar-refractivity contribution in [2.24, 2.45) is 0 Å². The number of aromatic hydroxyl groups is 1. The zero-order valence-electron chi connectivity index (χ0n) is 16.8. The van der Waals surface area contributed by atoms with Crippen LogP contribution in [0.2, 0.25) is 0 Å².